The molecule has 0 radical (unpaired) electrons. The van der Waals surface area contributed by atoms with Crippen molar-refractivity contribution < 1.29 is 0 Å². The van der Waals surface area contributed by atoms with Gasteiger partial charge in [-0.15, -0.1) is 0 Å². The van der Waals surface area contributed by atoms with Crippen LogP contribution in [0.25, 0.3) is 32.7 Å². The van der Waals surface area contributed by atoms with Crippen LogP contribution in [0.2, 0.25) is 0 Å². The Hall–Kier alpha value is -9.64. The summed E-state index contributed by atoms with van der Waals surface area (Å²) in [6, 6.07) is 105. The molecule has 75 heavy (non-hydrogen) atoms. The highest BCUT2D eigenvalue weighted by atomic mass is 15.2. The number of anilines is 12. The Kier molecular flexibility index (Phi) is 11.5. The summed E-state index contributed by atoms with van der Waals surface area (Å²) in [5.74, 6) is 0. The summed E-state index contributed by atoms with van der Waals surface area (Å²) in [7, 11) is 0. The highest BCUT2D eigenvalue weighted by Crippen LogP contribution is 2.53. The molecule has 0 bridgehead atoms. The standard InChI is InChI=1S/C71H54N4/c1-71(2)69-49-65(74(59-29-17-7-18-30-59)63-39-35-51-45-61(37-33-53(51)47-63)72(55-21-9-3-10-22-55)56-23-11-4-12-24-56)41-43-67(69)68-44-42-66(50-70(68)71)75(60-31-19-8-20-32-60)64-40-36-52-46-62(38-34-54(52)48-64)73(57-25-13-5-14-26-57)58-27-15-6-16-28-58/h3-50H,1-2H3. The lowest BCUT2D eigenvalue weighted by Crippen LogP contribution is -2.17. The maximum Gasteiger partial charge on any atom is 0.0468 e. The molecule has 0 saturated heterocycles. The van der Waals surface area contributed by atoms with E-state index in [1.807, 2.05) is 0 Å². The van der Waals surface area contributed by atoms with E-state index in [1.165, 1.54) is 43.8 Å². The Morgan fingerprint density at radius 2 is 0.400 bits per heavy atom. The van der Waals surface area contributed by atoms with Crippen LogP contribution in [0.4, 0.5) is 68.2 Å². The molecule has 0 atom stereocenters. The van der Waals surface area contributed by atoms with E-state index in [-0.39, 0.29) is 5.41 Å². The van der Waals surface area contributed by atoms with Gasteiger partial charge in [-0.2, -0.15) is 0 Å². The highest BCUT2D eigenvalue weighted by molar-refractivity contribution is 5.96. The fourth-order valence-electron chi connectivity index (χ4n) is 11.2. The second-order valence-corrected chi connectivity index (χ2v) is 19.9. The Morgan fingerprint density at radius 1 is 0.200 bits per heavy atom. The van der Waals surface area contributed by atoms with Crippen LogP contribution >= 0.6 is 0 Å². The van der Waals surface area contributed by atoms with Gasteiger partial charge in [-0.25, -0.2) is 0 Å². The van der Waals surface area contributed by atoms with Gasteiger partial charge in [0.25, 0.3) is 0 Å². The number of fused-ring (bicyclic) bond motifs is 5. The van der Waals surface area contributed by atoms with Crippen LogP contribution in [0.5, 0.6) is 0 Å². The Bertz CT molecular complexity index is 3640. The summed E-state index contributed by atoms with van der Waals surface area (Å²) in [6.07, 6.45) is 0. The number of para-hydroxylation sites is 6. The van der Waals surface area contributed by atoms with Crippen LogP contribution in [-0.2, 0) is 5.41 Å². The lowest BCUT2D eigenvalue weighted by atomic mass is 9.82. The number of hydrogen-bond donors (Lipinski definition) is 0. The van der Waals surface area contributed by atoms with E-state index in [4.69, 9.17) is 0 Å². The van der Waals surface area contributed by atoms with E-state index >= 15 is 0 Å². The SMILES string of the molecule is CC1(C)c2cc(N(c3ccccc3)c3ccc4cc(N(c5ccccc5)c5ccccc5)ccc4c3)ccc2-c2ccc(N(c3ccccc3)c3ccc4cc(N(c5ccccc5)c5ccccc5)ccc4c3)cc21. The van der Waals surface area contributed by atoms with E-state index in [2.05, 4.69) is 325 Å². The third-order valence-electron chi connectivity index (χ3n) is 14.9. The van der Waals surface area contributed by atoms with Gasteiger partial charge in [0, 0.05) is 73.7 Å². The smallest absolute Gasteiger partial charge is 0.0468 e. The summed E-state index contributed by atoms with van der Waals surface area (Å²) in [6.45, 7) is 4.77. The molecule has 12 aromatic rings. The normalized spacial score (nSPS) is 12.2. The minimum Gasteiger partial charge on any atom is -0.310 e. The topological polar surface area (TPSA) is 13.0 Å². The largest absolute Gasteiger partial charge is 0.310 e. The number of rotatable bonds is 12. The van der Waals surface area contributed by atoms with Gasteiger partial charge in [0.2, 0.25) is 0 Å². The molecule has 0 unspecified atom stereocenters. The molecule has 4 heteroatoms. The molecule has 0 heterocycles. The predicted octanol–water partition coefficient (Wildman–Crippen LogP) is 20.2. The van der Waals surface area contributed by atoms with Crippen LogP contribution in [0.15, 0.2) is 291 Å². The van der Waals surface area contributed by atoms with Gasteiger partial charge in [-0.05, 0) is 189 Å². The van der Waals surface area contributed by atoms with Crippen LogP contribution in [-0.4, -0.2) is 0 Å². The molecule has 358 valence electrons. The summed E-state index contributed by atoms with van der Waals surface area (Å²) >= 11 is 0. The Labute approximate surface area is 439 Å². The van der Waals surface area contributed by atoms with E-state index in [1.54, 1.807) is 0 Å². The number of benzene rings is 12. The Morgan fingerprint density at radius 3 is 0.640 bits per heavy atom. The first-order valence-corrected chi connectivity index (χ1v) is 25.8. The van der Waals surface area contributed by atoms with Crippen molar-refractivity contribution in [1.29, 1.82) is 0 Å². The van der Waals surface area contributed by atoms with E-state index in [0.717, 1.165) is 68.2 Å². The van der Waals surface area contributed by atoms with Gasteiger partial charge < -0.3 is 19.6 Å². The molecular weight excluding hydrogens is 909 g/mol. The fourth-order valence-corrected chi connectivity index (χ4v) is 11.2. The monoisotopic (exact) mass is 962 g/mol. The van der Waals surface area contributed by atoms with Crippen LogP contribution in [0.1, 0.15) is 25.0 Å². The van der Waals surface area contributed by atoms with Crippen molar-refractivity contribution in [2.45, 2.75) is 19.3 Å². The molecule has 0 aromatic heterocycles. The van der Waals surface area contributed by atoms with E-state index in [0.29, 0.717) is 0 Å². The zero-order valence-electron chi connectivity index (χ0n) is 42.0. The predicted molar refractivity (Wildman–Crippen MR) is 318 cm³/mol. The average Bonchev–Trinajstić information content (AvgIpc) is 3.69. The molecule has 1 aliphatic carbocycles. The molecule has 12 aromatic carbocycles. The first-order chi connectivity index (χ1) is 36.9. The molecule has 0 aliphatic heterocycles. The highest BCUT2D eigenvalue weighted by Gasteiger charge is 2.37. The van der Waals surface area contributed by atoms with Crippen LogP contribution in [0, 0.1) is 0 Å². The third kappa shape index (κ3) is 8.42. The van der Waals surface area contributed by atoms with Gasteiger partial charge in [-0.1, -0.05) is 159 Å². The minimum atomic E-state index is -0.284. The summed E-state index contributed by atoms with van der Waals surface area (Å²) in [4.78, 5) is 9.45. The van der Waals surface area contributed by atoms with Gasteiger partial charge in [0.05, 0.1) is 0 Å². The molecule has 1 aliphatic rings. The van der Waals surface area contributed by atoms with E-state index < -0.39 is 0 Å². The second kappa shape index (κ2) is 19.1. The first-order valence-electron chi connectivity index (χ1n) is 25.8. The van der Waals surface area contributed by atoms with Gasteiger partial charge in [0.15, 0.2) is 0 Å². The molecule has 0 fully saturated rings. The Balaban J connectivity index is 0.847. The van der Waals surface area contributed by atoms with Crippen molar-refractivity contribution in [2.75, 3.05) is 19.6 Å². The molecule has 13 rings (SSSR count). The zero-order chi connectivity index (χ0) is 50.3. The van der Waals surface area contributed by atoms with Crippen molar-refractivity contribution >= 4 is 89.8 Å². The summed E-state index contributed by atoms with van der Waals surface area (Å²) in [5, 5.41) is 4.71. The van der Waals surface area contributed by atoms with Gasteiger partial charge >= 0.3 is 0 Å². The maximum absolute atomic E-state index is 2.43. The molecule has 0 spiro atoms. The quantitative estimate of drug-likeness (QED) is 0.121. The van der Waals surface area contributed by atoms with Crippen LogP contribution < -0.4 is 19.6 Å². The first kappa shape index (κ1) is 45.2. The molecule has 0 amide bonds. The van der Waals surface area contributed by atoms with Gasteiger partial charge in [-0.3, -0.25) is 0 Å². The lowest BCUT2D eigenvalue weighted by molar-refractivity contribution is 0.660. The zero-order valence-corrected chi connectivity index (χ0v) is 42.0. The maximum atomic E-state index is 2.43. The molecule has 0 saturated carbocycles. The second-order valence-electron chi connectivity index (χ2n) is 19.9. The summed E-state index contributed by atoms with van der Waals surface area (Å²) in [5.41, 5.74) is 18.3. The molecular formula is C71H54N4. The summed E-state index contributed by atoms with van der Waals surface area (Å²) < 4.78 is 0. The molecule has 4 nitrogen and oxygen atoms in total. The molecule has 0 N–H and O–H groups in total. The van der Waals surface area contributed by atoms with Crippen molar-refractivity contribution in [2.24, 2.45) is 0 Å². The van der Waals surface area contributed by atoms with Crippen LogP contribution in [0.3, 0.4) is 0 Å². The van der Waals surface area contributed by atoms with Crippen molar-refractivity contribution in [3.8, 4) is 11.1 Å². The van der Waals surface area contributed by atoms with Gasteiger partial charge in [0.1, 0.15) is 0 Å². The van der Waals surface area contributed by atoms with Crippen molar-refractivity contribution in [3.05, 3.63) is 302 Å². The number of nitrogens with zero attached hydrogens (tertiary/aromatic N) is 4. The minimum absolute atomic E-state index is 0.284. The van der Waals surface area contributed by atoms with E-state index in [9.17, 15) is 0 Å². The van der Waals surface area contributed by atoms with Crippen molar-refractivity contribution in [3.63, 3.8) is 0 Å². The van der Waals surface area contributed by atoms with Crippen molar-refractivity contribution in [1.82, 2.24) is 0 Å². The lowest BCUT2D eigenvalue weighted by Gasteiger charge is -2.29. The fraction of sp³-hybridized carbons (Fsp3) is 0.0423. The average molecular weight is 963 g/mol. The number of hydrogen-bond acceptors (Lipinski definition) is 4. The third-order valence-corrected chi connectivity index (χ3v) is 14.9.